The number of nitrogens with zero attached hydrogens (tertiary/aromatic N) is 1. The number of rotatable bonds is 1. The van der Waals surface area contributed by atoms with Crippen molar-refractivity contribution in [3.8, 4) is 11.5 Å². The van der Waals surface area contributed by atoms with Crippen LogP contribution in [-0.2, 0) is 30.8 Å². The van der Waals surface area contributed by atoms with Crippen molar-refractivity contribution in [2.45, 2.75) is 52.4 Å². The molecular weight excluding hydrogens is 573 g/mol. The Hall–Kier alpha value is -2.69. The van der Waals surface area contributed by atoms with E-state index in [9.17, 15) is 10.2 Å². The molecule has 0 atom stereocenters. The van der Waals surface area contributed by atoms with Gasteiger partial charge >= 0.3 is 59.4 Å². The summed E-state index contributed by atoms with van der Waals surface area (Å²) in [6.45, 7) is 13.0. The molecule has 0 saturated carbocycles. The van der Waals surface area contributed by atoms with Crippen LogP contribution in [0.2, 0.25) is 0 Å². The van der Waals surface area contributed by atoms with Crippen LogP contribution in [0.4, 0.5) is 0 Å². The van der Waals surface area contributed by atoms with Gasteiger partial charge < -0.3 is 10.2 Å². The van der Waals surface area contributed by atoms with Gasteiger partial charge in [-0.3, -0.25) is 0 Å². The first kappa shape index (κ1) is 35.3. The molecule has 4 aromatic carbocycles. The Bertz CT molecular complexity index is 1420. The number of hydrogen-bond donors (Lipinski definition) is 2. The third-order valence-electron chi connectivity index (χ3n) is 6.22. The van der Waals surface area contributed by atoms with Gasteiger partial charge in [-0.1, -0.05) is 102 Å². The Labute approximate surface area is 262 Å². The number of hydrogen-bond acceptors (Lipinski definition) is 3. The van der Waals surface area contributed by atoms with Gasteiger partial charge in [0.25, 0.3) is 0 Å². The van der Waals surface area contributed by atoms with E-state index in [2.05, 4.69) is 58.7 Å². The van der Waals surface area contributed by atoms with Crippen molar-refractivity contribution >= 4 is 50.7 Å². The van der Waals surface area contributed by atoms with Crippen LogP contribution in [-0.4, -0.2) is 19.5 Å². The molecule has 0 aliphatic rings. The Morgan fingerprint density at radius 3 is 1.27 bits per heavy atom. The van der Waals surface area contributed by atoms with Gasteiger partial charge in [-0.15, -0.1) is 24.8 Å². The summed E-state index contributed by atoms with van der Waals surface area (Å²) >= 11 is 1.97. The zero-order chi connectivity index (χ0) is 27.9. The van der Waals surface area contributed by atoms with Crippen LogP contribution in [0, 0.1) is 0 Å². The van der Waals surface area contributed by atoms with Gasteiger partial charge in [-0.25, -0.2) is 0 Å². The number of fused-ring (bicyclic) bond motifs is 2. The fourth-order valence-corrected chi connectivity index (χ4v) is 4.62. The summed E-state index contributed by atoms with van der Waals surface area (Å²) in [6, 6.07) is 29.5. The third kappa shape index (κ3) is 9.18. The van der Waals surface area contributed by atoms with Crippen LogP contribution in [0.1, 0.15) is 58.4 Å². The molecule has 0 aliphatic carbocycles. The molecule has 3 nitrogen and oxygen atoms in total. The van der Waals surface area contributed by atoms with Gasteiger partial charge in [0.15, 0.2) is 0 Å². The molecule has 5 rings (SSSR count). The minimum atomic E-state index is 0. The van der Waals surface area contributed by atoms with E-state index in [1.54, 1.807) is 18.3 Å². The molecule has 0 spiro atoms. The molecular formula is C34H39Cl2NO2Ti. The SMILES string of the molecule is CC(C)(C)c1cccc2cccc(O)c12.CC(C)(C)c1cccc2cccc(O)c12.Cl.Cl.[Ti]=[CH]c1ccccn1. The second-order valence-electron chi connectivity index (χ2n) is 11.3. The summed E-state index contributed by atoms with van der Waals surface area (Å²) in [5.74, 6) is 0.746. The molecule has 0 fully saturated rings. The Kier molecular flexibility index (Phi) is 13.6. The van der Waals surface area contributed by atoms with Crippen molar-refractivity contribution in [1.29, 1.82) is 0 Å². The normalized spacial score (nSPS) is 10.6. The van der Waals surface area contributed by atoms with Gasteiger partial charge in [0.1, 0.15) is 11.5 Å². The zero-order valence-electron chi connectivity index (χ0n) is 24.0. The first-order valence-electron chi connectivity index (χ1n) is 12.8. The van der Waals surface area contributed by atoms with Crippen LogP contribution in [0.15, 0.2) is 97.2 Å². The molecule has 5 aromatic rings. The topological polar surface area (TPSA) is 53.4 Å². The molecule has 0 radical (unpaired) electrons. The van der Waals surface area contributed by atoms with E-state index < -0.39 is 0 Å². The van der Waals surface area contributed by atoms with Crippen molar-refractivity contribution in [2.75, 3.05) is 0 Å². The first-order chi connectivity index (χ1) is 17.9. The van der Waals surface area contributed by atoms with E-state index in [1.165, 1.54) is 11.1 Å². The molecule has 1 heterocycles. The molecule has 1 aromatic heterocycles. The summed E-state index contributed by atoms with van der Waals surface area (Å²) in [4.78, 5) is 4.04. The predicted octanol–water partition coefficient (Wildman–Crippen LogP) is 9.31. The number of benzene rings is 4. The van der Waals surface area contributed by atoms with E-state index in [1.807, 2.05) is 91.0 Å². The summed E-state index contributed by atoms with van der Waals surface area (Å²) in [6.07, 6.45) is 1.79. The van der Waals surface area contributed by atoms with Gasteiger partial charge in [-0.2, -0.15) is 0 Å². The summed E-state index contributed by atoms with van der Waals surface area (Å²) < 4.78 is 1.97. The first-order valence-corrected chi connectivity index (χ1v) is 13.7. The summed E-state index contributed by atoms with van der Waals surface area (Å²) in [5, 5.41) is 24.0. The zero-order valence-corrected chi connectivity index (χ0v) is 27.2. The predicted molar refractivity (Wildman–Crippen MR) is 173 cm³/mol. The molecule has 210 valence electrons. The van der Waals surface area contributed by atoms with Gasteiger partial charge in [0.05, 0.1) is 0 Å². The monoisotopic (exact) mass is 611 g/mol. The van der Waals surface area contributed by atoms with Gasteiger partial charge in [-0.05, 0) is 44.9 Å². The number of aromatic nitrogens is 1. The molecule has 0 unspecified atom stereocenters. The quantitative estimate of drug-likeness (QED) is 0.186. The van der Waals surface area contributed by atoms with Crippen LogP contribution in [0.5, 0.6) is 11.5 Å². The molecule has 6 heteroatoms. The molecule has 0 aliphatic heterocycles. The van der Waals surface area contributed by atoms with Gasteiger partial charge in [0.2, 0.25) is 0 Å². The molecule has 0 saturated heterocycles. The molecule has 0 amide bonds. The van der Waals surface area contributed by atoms with Crippen molar-refractivity contribution in [3.63, 3.8) is 0 Å². The molecule has 2 N–H and O–H groups in total. The summed E-state index contributed by atoms with van der Waals surface area (Å²) in [7, 11) is 0. The van der Waals surface area contributed by atoms with Crippen LogP contribution in [0.25, 0.3) is 21.5 Å². The Morgan fingerprint density at radius 2 is 0.975 bits per heavy atom. The van der Waals surface area contributed by atoms with E-state index in [-0.39, 0.29) is 35.6 Å². The van der Waals surface area contributed by atoms with E-state index in [0.717, 1.165) is 27.2 Å². The number of aromatic hydroxyl groups is 2. The molecule has 40 heavy (non-hydrogen) atoms. The summed E-state index contributed by atoms with van der Waals surface area (Å²) in [5.41, 5.74) is 3.53. The number of halogens is 2. The standard InChI is InChI=1S/2C14H16O.C6H5N.2ClH.Ti/c2*1-14(2,3)11-8-4-6-10-7-5-9-12(15)13(10)11;1-6-4-2-3-5-7-6;;;/h2*4-9,15H,1-3H3;1-5H;2*1H;. The van der Waals surface area contributed by atoms with Crippen molar-refractivity contribution in [2.24, 2.45) is 0 Å². The minimum absolute atomic E-state index is 0. The molecule has 0 bridgehead atoms. The second kappa shape index (κ2) is 15.4. The van der Waals surface area contributed by atoms with Crippen molar-refractivity contribution < 1.29 is 30.2 Å². The Balaban J connectivity index is 0.000000306. The van der Waals surface area contributed by atoms with Crippen LogP contribution in [0.3, 0.4) is 0 Å². The number of phenols is 2. The number of phenolic OH excluding ortho intramolecular Hbond substituents is 2. The fraction of sp³-hybridized carbons (Fsp3) is 0.235. The maximum absolute atomic E-state index is 9.92. The fourth-order valence-electron chi connectivity index (χ4n) is 4.35. The van der Waals surface area contributed by atoms with Gasteiger partial charge in [0, 0.05) is 10.8 Å². The van der Waals surface area contributed by atoms with E-state index in [4.69, 9.17) is 0 Å². The van der Waals surface area contributed by atoms with Crippen molar-refractivity contribution in [1.82, 2.24) is 4.98 Å². The maximum atomic E-state index is 9.92. The van der Waals surface area contributed by atoms with E-state index >= 15 is 0 Å². The number of pyridine rings is 1. The average molecular weight is 612 g/mol. The average Bonchev–Trinajstić information content (AvgIpc) is 2.89. The third-order valence-corrected chi connectivity index (χ3v) is 6.68. The van der Waals surface area contributed by atoms with Crippen molar-refractivity contribution in [3.05, 3.63) is 114 Å². The second-order valence-corrected chi connectivity index (χ2v) is 11.7. The van der Waals surface area contributed by atoms with E-state index in [0.29, 0.717) is 11.5 Å². The van der Waals surface area contributed by atoms with Crippen LogP contribution < -0.4 is 0 Å². The van der Waals surface area contributed by atoms with Crippen LogP contribution >= 0.6 is 24.8 Å². The Morgan fingerprint density at radius 1 is 0.575 bits per heavy atom.